The molecule has 128 valence electrons. The third-order valence-electron chi connectivity index (χ3n) is 4.29. The Labute approximate surface area is 145 Å². The number of ether oxygens (including phenoxy) is 1. The van der Waals surface area contributed by atoms with Gasteiger partial charge in [-0.1, -0.05) is 19.1 Å². The van der Waals surface area contributed by atoms with Crippen LogP contribution in [0, 0.1) is 20.8 Å². The Bertz CT molecular complexity index is 705. The van der Waals surface area contributed by atoms with Gasteiger partial charge in [0.1, 0.15) is 5.75 Å². The first-order valence-electron chi connectivity index (χ1n) is 8.53. The molecule has 2 aromatic carbocycles. The second-order valence-corrected chi connectivity index (χ2v) is 6.36. The molecule has 0 aliphatic heterocycles. The Morgan fingerprint density at radius 1 is 1.04 bits per heavy atom. The average Bonchev–Trinajstić information content (AvgIpc) is 2.56. The van der Waals surface area contributed by atoms with Gasteiger partial charge in [0.25, 0.3) is 5.91 Å². The lowest BCUT2D eigenvalue weighted by Crippen LogP contribution is -2.27. The summed E-state index contributed by atoms with van der Waals surface area (Å²) in [6, 6.07) is 11.6. The molecule has 1 amide bonds. The molecule has 0 saturated carbocycles. The number of hydrogen-bond donors (Lipinski definition) is 1. The summed E-state index contributed by atoms with van der Waals surface area (Å²) in [5.74, 6) is 0.730. The highest BCUT2D eigenvalue weighted by molar-refractivity contribution is 5.94. The first-order valence-corrected chi connectivity index (χ1v) is 8.53. The summed E-state index contributed by atoms with van der Waals surface area (Å²) in [6.45, 7) is 11.1. The molecule has 0 spiro atoms. The van der Waals surface area contributed by atoms with Crippen LogP contribution in [0.4, 0.5) is 0 Å². The van der Waals surface area contributed by atoms with Crippen LogP contribution in [-0.2, 0) is 0 Å². The molecule has 3 heteroatoms. The van der Waals surface area contributed by atoms with Gasteiger partial charge in [0, 0.05) is 5.56 Å². The van der Waals surface area contributed by atoms with Gasteiger partial charge in [-0.2, -0.15) is 0 Å². The molecule has 0 fully saturated rings. The maximum atomic E-state index is 12.5. The van der Waals surface area contributed by atoms with E-state index in [1.54, 1.807) is 12.1 Å². The number of nitrogens with one attached hydrogen (secondary N) is 1. The van der Waals surface area contributed by atoms with Crippen molar-refractivity contribution in [1.82, 2.24) is 5.32 Å². The van der Waals surface area contributed by atoms with Crippen molar-refractivity contribution in [3.05, 3.63) is 64.2 Å². The zero-order chi connectivity index (χ0) is 17.7. The minimum Gasteiger partial charge on any atom is -0.494 e. The molecule has 0 aliphatic carbocycles. The van der Waals surface area contributed by atoms with Crippen molar-refractivity contribution in [3.63, 3.8) is 0 Å². The van der Waals surface area contributed by atoms with Gasteiger partial charge in [0.05, 0.1) is 12.6 Å². The summed E-state index contributed by atoms with van der Waals surface area (Å²) < 4.78 is 5.55. The van der Waals surface area contributed by atoms with E-state index in [2.05, 4.69) is 45.1 Å². The summed E-state index contributed by atoms with van der Waals surface area (Å²) in [6.07, 6.45) is 0.967. The van der Waals surface area contributed by atoms with Gasteiger partial charge in [-0.15, -0.1) is 0 Å². The monoisotopic (exact) mass is 325 g/mol. The van der Waals surface area contributed by atoms with Crippen LogP contribution < -0.4 is 10.1 Å². The van der Waals surface area contributed by atoms with Gasteiger partial charge in [-0.25, -0.2) is 0 Å². The van der Waals surface area contributed by atoms with Crippen LogP contribution in [-0.4, -0.2) is 12.5 Å². The third kappa shape index (κ3) is 4.38. The van der Waals surface area contributed by atoms with Crippen LogP contribution in [0.25, 0.3) is 0 Å². The highest BCUT2D eigenvalue weighted by Gasteiger charge is 2.14. The second-order valence-electron chi connectivity index (χ2n) is 6.36. The van der Waals surface area contributed by atoms with Crippen molar-refractivity contribution in [2.24, 2.45) is 0 Å². The molecule has 0 radical (unpaired) electrons. The summed E-state index contributed by atoms with van der Waals surface area (Å²) in [5.41, 5.74) is 5.53. The maximum absolute atomic E-state index is 12.5. The van der Waals surface area contributed by atoms with Crippen LogP contribution in [0.2, 0.25) is 0 Å². The van der Waals surface area contributed by atoms with Crippen molar-refractivity contribution in [2.45, 2.75) is 47.1 Å². The highest BCUT2D eigenvalue weighted by atomic mass is 16.5. The molecule has 0 aliphatic rings. The minimum absolute atomic E-state index is 0.0344. The smallest absolute Gasteiger partial charge is 0.251 e. The Hall–Kier alpha value is -2.29. The zero-order valence-electron chi connectivity index (χ0n) is 15.3. The quantitative estimate of drug-likeness (QED) is 0.821. The van der Waals surface area contributed by atoms with Crippen molar-refractivity contribution < 1.29 is 9.53 Å². The standard InChI is InChI=1S/C21H27NO2/c1-6-11-24-19-9-7-18(8-10-19)21(23)22-17(5)20-13-15(3)14(2)12-16(20)4/h7-10,12-13,17H,6,11H2,1-5H3,(H,22,23)/t17-/m1/s1. The first kappa shape index (κ1) is 18.1. The SMILES string of the molecule is CCCOc1ccc(C(=O)N[C@H](C)c2cc(C)c(C)cc2C)cc1. The fourth-order valence-corrected chi connectivity index (χ4v) is 2.73. The first-order chi connectivity index (χ1) is 11.4. The fraction of sp³-hybridized carbons (Fsp3) is 0.381. The maximum Gasteiger partial charge on any atom is 0.251 e. The van der Waals surface area contributed by atoms with E-state index in [4.69, 9.17) is 4.74 Å². The number of hydrogen-bond acceptors (Lipinski definition) is 2. The Morgan fingerprint density at radius 3 is 2.29 bits per heavy atom. The predicted octanol–water partition coefficient (Wildman–Crippen LogP) is 4.89. The van der Waals surface area contributed by atoms with Gasteiger partial charge in [0.2, 0.25) is 0 Å². The van der Waals surface area contributed by atoms with Crippen LogP contribution in [0.5, 0.6) is 5.75 Å². The Balaban J connectivity index is 2.07. The third-order valence-corrected chi connectivity index (χ3v) is 4.29. The topological polar surface area (TPSA) is 38.3 Å². The van der Waals surface area contributed by atoms with Crippen LogP contribution in [0.15, 0.2) is 36.4 Å². The fourth-order valence-electron chi connectivity index (χ4n) is 2.73. The van der Waals surface area contributed by atoms with Crippen molar-refractivity contribution in [1.29, 1.82) is 0 Å². The zero-order valence-corrected chi connectivity index (χ0v) is 15.3. The average molecular weight is 325 g/mol. The van der Waals surface area contributed by atoms with Crippen molar-refractivity contribution in [3.8, 4) is 5.75 Å². The lowest BCUT2D eigenvalue weighted by atomic mass is 9.96. The molecule has 2 aromatic rings. The van der Waals surface area contributed by atoms with Gasteiger partial charge >= 0.3 is 0 Å². The number of aryl methyl sites for hydroxylation is 3. The predicted molar refractivity (Wildman–Crippen MR) is 98.8 cm³/mol. The molecule has 0 heterocycles. The lowest BCUT2D eigenvalue weighted by Gasteiger charge is -2.18. The summed E-state index contributed by atoms with van der Waals surface area (Å²) >= 11 is 0. The van der Waals surface area contributed by atoms with Gasteiger partial charge in [-0.05, 0) is 80.6 Å². The largest absolute Gasteiger partial charge is 0.494 e. The van der Waals surface area contributed by atoms with E-state index in [9.17, 15) is 4.79 Å². The van der Waals surface area contributed by atoms with Crippen LogP contribution in [0.1, 0.15) is 58.9 Å². The van der Waals surface area contributed by atoms with Gasteiger partial charge < -0.3 is 10.1 Å². The van der Waals surface area contributed by atoms with E-state index >= 15 is 0 Å². The number of carbonyl (C=O) groups is 1. The van der Waals surface area contributed by atoms with Crippen molar-refractivity contribution >= 4 is 5.91 Å². The molecule has 0 bridgehead atoms. The Morgan fingerprint density at radius 2 is 1.67 bits per heavy atom. The molecule has 2 rings (SSSR count). The van der Waals surface area contributed by atoms with E-state index in [1.807, 2.05) is 19.1 Å². The molecule has 1 atom stereocenters. The normalized spacial score (nSPS) is 11.9. The van der Waals surface area contributed by atoms with E-state index < -0.39 is 0 Å². The molecular weight excluding hydrogens is 298 g/mol. The van der Waals surface area contributed by atoms with Gasteiger partial charge in [0.15, 0.2) is 0 Å². The summed E-state index contributed by atoms with van der Waals surface area (Å²) in [7, 11) is 0. The Kier molecular flexibility index (Phi) is 6.02. The lowest BCUT2D eigenvalue weighted by molar-refractivity contribution is 0.0940. The van der Waals surface area contributed by atoms with Crippen LogP contribution in [0.3, 0.4) is 0 Å². The highest BCUT2D eigenvalue weighted by Crippen LogP contribution is 2.22. The molecular formula is C21H27NO2. The minimum atomic E-state index is -0.0674. The summed E-state index contributed by atoms with van der Waals surface area (Å²) in [4.78, 5) is 12.5. The molecule has 0 unspecified atom stereocenters. The number of amides is 1. The molecule has 0 aromatic heterocycles. The molecule has 24 heavy (non-hydrogen) atoms. The van der Waals surface area contributed by atoms with E-state index in [0.717, 1.165) is 17.7 Å². The van der Waals surface area contributed by atoms with E-state index in [-0.39, 0.29) is 11.9 Å². The summed E-state index contributed by atoms with van der Waals surface area (Å²) in [5, 5.41) is 3.08. The second kappa shape index (κ2) is 8.00. The van der Waals surface area contributed by atoms with Crippen LogP contribution >= 0.6 is 0 Å². The number of benzene rings is 2. The molecule has 0 saturated heterocycles. The van der Waals surface area contributed by atoms with Crippen molar-refractivity contribution in [2.75, 3.05) is 6.61 Å². The van der Waals surface area contributed by atoms with E-state index in [1.165, 1.54) is 16.7 Å². The number of rotatable bonds is 6. The van der Waals surface area contributed by atoms with E-state index in [0.29, 0.717) is 12.2 Å². The number of carbonyl (C=O) groups excluding carboxylic acids is 1. The molecule has 3 nitrogen and oxygen atoms in total. The van der Waals surface area contributed by atoms with Gasteiger partial charge in [-0.3, -0.25) is 4.79 Å². The molecule has 1 N–H and O–H groups in total.